The van der Waals surface area contributed by atoms with Crippen molar-refractivity contribution in [3.8, 4) is 54.0 Å². The molecule has 0 amide bonds. The first-order valence-electron chi connectivity index (χ1n) is 17.6. The monoisotopic (exact) mass is 726 g/mol. The number of ether oxygens (including phenoxy) is 2. The summed E-state index contributed by atoms with van der Waals surface area (Å²) in [5.41, 5.74) is 2.04. The van der Waals surface area contributed by atoms with Crippen molar-refractivity contribution >= 4 is 46.6 Å². The van der Waals surface area contributed by atoms with Gasteiger partial charge in [-0.15, -0.1) is 0 Å². The molecule has 5 nitrogen and oxygen atoms in total. The maximum absolute atomic E-state index is 6.53. The van der Waals surface area contributed by atoms with E-state index in [2.05, 4.69) is 74.2 Å². The molecule has 0 unspecified atom stereocenters. The molecular weight excluding hydrogens is 676 g/mol. The van der Waals surface area contributed by atoms with Crippen LogP contribution < -0.4 is 14.1 Å². The van der Waals surface area contributed by atoms with Crippen LogP contribution in [0.2, 0.25) is 0 Å². The summed E-state index contributed by atoms with van der Waals surface area (Å²) in [5.74, 6) is 8.48. The quantitative estimate of drug-likeness (QED) is 0.0547. The van der Waals surface area contributed by atoms with Gasteiger partial charge in [-0.2, -0.15) is 0 Å². The van der Waals surface area contributed by atoms with Gasteiger partial charge in [0, 0.05) is 6.42 Å². The normalized spacial score (nSPS) is 15.8. The fraction of sp³-hybridized carbons (Fsp3) is 0.487. The van der Waals surface area contributed by atoms with Crippen LogP contribution in [0.5, 0.6) is 11.5 Å². The molecule has 4 aromatic rings. The SMILES string of the molecule is CCCCCCCCC#Cc1ccc(-c2ccc(-c3cc(OCCCCCC)c(-c4ccc([PH]5(OCC)OC(C)O5)s4)cc3OC)s2)s1. The Bertz CT molecular complexity index is 1630. The van der Waals surface area contributed by atoms with Crippen LogP contribution in [0.15, 0.2) is 48.5 Å². The van der Waals surface area contributed by atoms with Crippen molar-refractivity contribution in [3.63, 3.8) is 0 Å². The van der Waals surface area contributed by atoms with Gasteiger partial charge in [-0.05, 0) is 12.5 Å². The maximum atomic E-state index is 6.53. The molecule has 0 atom stereocenters. The van der Waals surface area contributed by atoms with Gasteiger partial charge in [0.2, 0.25) is 0 Å². The zero-order valence-corrected chi connectivity index (χ0v) is 32.6. The number of methoxy groups -OCH3 is 1. The molecule has 260 valence electrons. The van der Waals surface area contributed by atoms with Crippen LogP contribution in [0, 0.1) is 11.8 Å². The molecule has 48 heavy (non-hydrogen) atoms. The van der Waals surface area contributed by atoms with Gasteiger partial charge in [0.15, 0.2) is 0 Å². The second kappa shape index (κ2) is 18.7. The molecule has 1 fully saturated rings. The molecule has 1 aromatic carbocycles. The third-order valence-electron chi connectivity index (χ3n) is 8.29. The van der Waals surface area contributed by atoms with Gasteiger partial charge in [-0.25, -0.2) is 0 Å². The summed E-state index contributed by atoms with van der Waals surface area (Å²) in [6.45, 7) is 9.60. The van der Waals surface area contributed by atoms with Gasteiger partial charge in [-0.3, -0.25) is 0 Å². The molecule has 9 heteroatoms. The number of hydrogen-bond donors (Lipinski definition) is 0. The second-order valence-corrected chi connectivity index (χ2v) is 18.1. The molecule has 0 N–H and O–H groups in total. The van der Waals surface area contributed by atoms with Crippen LogP contribution in [0.25, 0.3) is 30.6 Å². The van der Waals surface area contributed by atoms with Crippen LogP contribution in [0.4, 0.5) is 0 Å². The zero-order chi connectivity index (χ0) is 33.8. The van der Waals surface area contributed by atoms with Gasteiger partial charge in [0.05, 0.1) is 4.88 Å². The van der Waals surface area contributed by atoms with Crippen LogP contribution in [-0.4, -0.2) is 26.6 Å². The van der Waals surface area contributed by atoms with E-state index in [1.54, 1.807) is 41.1 Å². The molecule has 0 aliphatic carbocycles. The Labute approximate surface area is 300 Å². The van der Waals surface area contributed by atoms with Crippen molar-refractivity contribution in [1.82, 2.24) is 0 Å². The molecule has 0 saturated carbocycles. The van der Waals surface area contributed by atoms with E-state index in [0.717, 1.165) is 61.1 Å². The van der Waals surface area contributed by atoms with E-state index in [9.17, 15) is 0 Å². The number of unbranched alkanes of at least 4 members (excludes halogenated alkanes) is 9. The van der Waals surface area contributed by atoms with Crippen molar-refractivity contribution in [3.05, 3.63) is 53.4 Å². The third-order valence-corrected chi connectivity index (χ3v) is 15.3. The first-order chi connectivity index (χ1) is 23.5. The summed E-state index contributed by atoms with van der Waals surface area (Å²) in [5, 5.41) is 0. The summed E-state index contributed by atoms with van der Waals surface area (Å²) in [7, 11) is -1.10. The summed E-state index contributed by atoms with van der Waals surface area (Å²) >= 11 is 5.20. The molecular formula is C39H51O5PS3. The van der Waals surface area contributed by atoms with E-state index in [1.807, 2.05) is 13.8 Å². The Morgan fingerprint density at radius 3 is 2.08 bits per heavy atom. The number of hydrogen-bond acceptors (Lipinski definition) is 8. The van der Waals surface area contributed by atoms with Crippen LogP contribution >= 0.6 is 42.0 Å². The van der Waals surface area contributed by atoms with Gasteiger partial charge >= 0.3 is 227 Å². The van der Waals surface area contributed by atoms with Crippen molar-refractivity contribution in [1.29, 1.82) is 0 Å². The molecule has 5 rings (SSSR count). The molecule has 3 aromatic heterocycles. The van der Waals surface area contributed by atoms with E-state index >= 15 is 0 Å². The van der Waals surface area contributed by atoms with Crippen LogP contribution in [-0.2, 0) is 13.6 Å². The Morgan fingerprint density at radius 1 is 0.708 bits per heavy atom. The molecule has 0 spiro atoms. The summed E-state index contributed by atoms with van der Waals surface area (Å²) in [6, 6.07) is 17.2. The Hall–Kier alpha value is -2.21. The van der Waals surface area contributed by atoms with Crippen molar-refractivity contribution < 1.29 is 23.0 Å². The first-order valence-corrected chi connectivity index (χ1v) is 21.8. The van der Waals surface area contributed by atoms with E-state index in [-0.39, 0.29) is 6.29 Å². The van der Waals surface area contributed by atoms with Crippen LogP contribution in [0.1, 0.15) is 103 Å². The Balaban J connectivity index is 1.36. The zero-order valence-electron chi connectivity index (χ0n) is 29.2. The van der Waals surface area contributed by atoms with Gasteiger partial charge in [0.25, 0.3) is 0 Å². The predicted molar refractivity (Wildman–Crippen MR) is 209 cm³/mol. The third kappa shape index (κ3) is 9.52. The second-order valence-electron chi connectivity index (χ2n) is 12.1. The summed E-state index contributed by atoms with van der Waals surface area (Å²) in [6.07, 6.45) is 13.1. The molecule has 1 saturated heterocycles. The fourth-order valence-corrected chi connectivity index (χ4v) is 11.9. The Morgan fingerprint density at radius 2 is 1.33 bits per heavy atom. The van der Waals surface area contributed by atoms with E-state index in [0.29, 0.717) is 13.2 Å². The topological polar surface area (TPSA) is 46.2 Å². The molecule has 1 aliphatic rings. The summed E-state index contributed by atoms with van der Waals surface area (Å²) < 4.78 is 31.8. The van der Waals surface area contributed by atoms with E-state index in [1.165, 1.54) is 61.1 Å². The van der Waals surface area contributed by atoms with Crippen LogP contribution in [0.3, 0.4) is 0 Å². The van der Waals surface area contributed by atoms with Gasteiger partial charge in [0.1, 0.15) is 0 Å². The standard InChI is InChI=1S/C39H51O5PS3/c1-6-9-11-13-14-15-16-17-19-30-20-21-37(46-30)38-23-22-35(47-38)31-28-34(41-26-18-12-10-7-2)32(27-33(31)40-5)36-24-25-39(48-36)45(42-8-3)43-29(4)44-45/h20-25,27-29,45H,6-16,18,26H2,1-5H3. The molecule has 0 bridgehead atoms. The van der Waals surface area contributed by atoms with Gasteiger partial charge in [-0.1, -0.05) is 50.9 Å². The fourth-order valence-electron chi connectivity index (χ4n) is 5.78. The number of rotatable bonds is 19. The van der Waals surface area contributed by atoms with Crippen molar-refractivity contribution in [2.45, 2.75) is 105 Å². The minimum absolute atomic E-state index is 0.241. The Kier molecular flexibility index (Phi) is 14.4. The molecule has 1 aliphatic heterocycles. The number of benzene rings is 1. The van der Waals surface area contributed by atoms with E-state index < -0.39 is 7.94 Å². The van der Waals surface area contributed by atoms with Gasteiger partial charge < -0.3 is 0 Å². The van der Waals surface area contributed by atoms with E-state index in [4.69, 9.17) is 23.0 Å². The summed E-state index contributed by atoms with van der Waals surface area (Å²) in [4.78, 5) is 5.83. The minimum atomic E-state index is -2.84. The van der Waals surface area contributed by atoms with Crippen molar-refractivity contribution in [2.24, 2.45) is 0 Å². The first kappa shape index (κ1) is 37.1. The van der Waals surface area contributed by atoms with Crippen molar-refractivity contribution in [2.75, 3.05) is 20.3 Å². The molecule has 4 heterocycles. The average molecular weight is 727 g/mol. The molecule has 0 radical (unpaired) electrons. The average Bonchev–Trinajstić information content (AvgIpc) is 3.86. The predicted octanol–water partition coefficient (Wildman–Crippen LogP) is 12.5. The number of thiophene rings is 3.